The lowest BCUT2D eigenvalue weighted by molar-refractivity contribution is 0.257. The predicted molar refractivity (Wildman–Crippen MR) is 89.1 cm³/mol. The van der Waals surface area contributed by atoms with Crippen molar-refractivity contribution >= 4 is 15.9 Å². The molecule has 3 rings (SSSR count). The number of hydrogen-bond donors (Lipinski definition) is 1. The zero-order valence-corrected chi connectivity index (χ0v) is 14.1. The molecule has 1 N–H and O–H groups in total. The molecule has 0 heterocycles. The van der Waals surface area contributed by atoms with Crippen LogP contribution < -0.4 is 5.32 Å². The second kappa shape index (κ2) is 6.62. The first-order valence-electron chi connectivity index (χ1n) is 8.26. The van der Waals surface area contributed by atoms with Crippen LogP contribution >= 0.6 is 15.9 Å². The van der Waals surface area contributed by atoms with Crippen LogP contribution in [0.5, 0.6) is 0 Å². The van der Waals surface area contributed by atoms with Gasteiger partial charge < -0.3 is 5.32 Å². The fraction of sp³-hybridized carbons (Fsp3) is 0.667. The Balaban J connectivity index is 1.58. The zero-order valence-electron chi connectivity index (χ0n) is 12.5. The number of aryl methyl sites for hydroxylation is 1. The molecular weight excluding hydrogens is 310 g/mol. The van der Waals surface area contributed by atoms with Gasteiger partial charge in [0.05, 0.1) is 0 Å². The van der Waals surface area contributed by atoms with Crippen LogP contribution in [0.1, 0.15) is 56.6 Å². The number of halogens is 1. The monoisotopic (exact) mass is 335 g/mol. The van der Waals surface area contributed by atoms with Crippen molar-refractivity contribution in [2.24, 2.45) is 5.92 Å². The molecule has 2 heteroatoms. The van der Waals surface area contributed by atoms with Crippen LogP contribution in [0.2, 0.25) is 0 Å². The molecule has 20 heavy (non-hydrogen) atoms. The van der Waals surface area contributed by atoms with E-state index in [1.165, 1.54) is 55.8 Å². The summed E-state index contributed by atoms with van der Waals surface area (Å²) in [5, 5.41) is 3.93. The quantitative estimate of drug-likeness (QED) is 0.831. The molecule has 0 radical (unpaired) electrons. The van der Waals surface area contributed by atoms with E-state index in [4.69, 9.17) is 0 Å². The number of rotatable bonds is 3. The summed E-state index contributed by atoms with van der Waals surface area (Å²) >= 11 is 3.58. The SMILES string of the molecule is CC(NC1CCc2cc(Br)ccc2C1)C1CCCCC1. The maximum atomic E-state index is 3.93. The highest BCUT2D eigenvalue weighted by molar-refractivity contribution is 9.10. The van der Waals surface area contributed by atoms with Gasteiger partial charge in [-0.2, -0.15) is 0 Å². The highest BCUT2D eigenvalue weighted by Gasteiger charge is 2.24. The Kier molecular flexibility index (Phi) is 4.83. The summed E-state index contributed by atoms with van der Waals surface area (Å²) in [6, 6.07) is 8.17. The third-order valence-electron chi connectivity index (χ3n) is 5.25. The molecule has 0 spiro atoms. The van der Waals surface area contributed by atoms with E-state index in [2.05, 4.69) is 46.4 Å². The summed E-state index contributed by atoms with van der Waals surface area (Å²) in [6.45, 7) is 2.41. The third-order valence-corrected chi connectivity index (χ3v) is 5.75. The Labute approximate surface area is 131 Å². The molecule has 0 aliphatic heterocycles. The lowest BCUT2D eigenvalue weighted by Crippen LogP contribution is -2.44. The van der Waals surface area contributed by atoms with Gasteiger partial charge >= 0.3 is 0 Å². The van der Waals surface area contributed by atoms with E-state index >= 15 is 0 Å². The Morgan fingerprint density at radius 3 is 2.70 bits per heavy atom. The maximum Gasteiger partial charge on any atom is 0.0178 e. The van der Waals surface area contributed by atoms with Gasteiger partial charge in [-0.1, -0.05) is 41.3 Å². The highest BCUT2D eigenvalue weighted by Crippen LogP contribution is 2.29. The third kappa shape index (κ3) is 3.46. The normalized spacial score (nSPS) is 25.2. The van der Waals surface area contributed by atoms with Gasteiger partial charge in [0, 0.05) is 16.6 Å². The summed E-state index contributed by atoms with van der Waals surface area (Å²) in [7, 11) is 0. The van der Waals surface area contributed by atoms with Crippen molar-refractivity contribution in [2.75, 3.05) is 0 Å². The second-order valence-electron chi connectivity index (χ2n) is 6.71. The van der Waals surface area contributed by atoms with Crippen molar-refractivity contribution in [1.29, 1.82) is 0 Å². The van der Waals surface area contributed by atoms with Crippen LogP contribution in [0.4, 0.5) is 0 Å². The van der Waals surface area contributed by atoms with Crippen molar-refractivity contribution < 1.29 is 0 Å². The van der Waals surface area contributed by atoms with Gasteiger partial charge in [0.25, 0.3) is 0 Å². The lowest BCUT2D eigenvalue weighted by Gasteiger charge is -2.34. The maximum absolute atomic E-state index is 3.93. The van der Waals surface area contributed by atoms with Crippen LogP contribution in [0.3, 0.4) is 0 Å². The molecule has 0 saturated heterocycles. The fourth-order valence-electron chi connectivity index (χ4n) is 4.01. The van der Waals surface area contributed by atoms with Gasteiger partial charge in [-0.3, -0.25) is 0 Å². The van der Waals surface area contributed by atoms with Crippen LogP contribution in [-0.4, -0.2) is 12.1 Å². The Bertz CT molecular complexity index is 451. The minimum absolute atomic E-state index is 0.681. The fourth-order valence-corrected chi connectivity index (χ4v) is 4.42. The van der Waals surface area contributed by atoms with Gasteiger partial charge in [0.1, 0.15) is 0 Å². The summed E-state index contributed by atoms with van der Waals surface area (Å²) in [5.74, 6) is 0.912. The molecule has 1 aromatic carbocycles. The molecule has 1 aromatic rings. The molecule has 1 nitrogen and oxygen atoms in total. The van der Waals surface area contributed by atoms with Crippen molar-refractivity contribution in [3.63, 3.8) is 0 Å². The highest BCUT2D eigenvalue weighted by atomic mass is 79.9. The van der Waals surface area contributed by atoms with E-state index in [0.29, 0.717) is 12.1 Å². The van der Waals surface area contributed by atoms with Crippen LogP contribution in [0.25, 0.3) is 0 Å². The molecule has 1 saturated carbocycles. The zero-order chi connectivity index (χ0) is 13.9. The van der Waals surface area contributed by atoms with Crippen LogP contribution in [0.15, 0.2) is 22.7 Å². The van der Waals surface area contributed by atoms with E-state index in [1.807, 2.05) is 0 Å². The summed E-state index contributed by atoms with van der Waals surface area (Å²) in [5.41, 5.74) is 3.09. The van der Waals surface area contributed by atoms with Gasteiger partial charge in [0.15, 0.2) is 0 Å². The standard InChI is InChI=1S/C18H26BrN/c1-13(14-5-3-2-4-6-14)20-18-10-8-15-11-17(19)9-7-16(15)12-18/h7,9,11,13-14,18,20H,2-6,8,10,12H2,1H3. The molecule has 2 aliphatic carbocycles. The molecule has 110 valence electrons. The number of benzene rings is 1. The van der Waals surface area contributed by atoms with Crippen molar-refractivity contribution in [3.05, 3.63) is 33.8 Å². The molecule has 2 atom stereocenters. The summed E-state index contributed by atoms with van der Waals surface area (Å²) in [6.07, 6.45) is 10.9. The Morgan fingerprint density at radius 1 is 1.10 bits per heavy atom. The van der Waals surface area contributed by atoms with E-state index < -0.39 is 0 Å². The largest absolute Gasteiger partial charge is 0.311 e. The van der Waals surface area contributed by atoms with Crippen LogP contribution in [-0.2, 0) is 12.8 Å². The first-order valence-corrected chi connectivity index (χ1v) is 9.05. The number of nitrogens with one attached hydrogen (secondary N) is 1. The van der Waals surface area contributed by atoms with Crippen LogP contribution in [0, 0.1) is 5.92 Å². The molecule has 2 aliphatic rings. The summed E-state index contributed by atoms with van der Waals surface area (Å²) < 4.78 is 1.22. The predicted octanol–water partition coefficient (Wildman–Crippen LogP) is 4.86. The van der Waals surface area contributed by atoms with E-state index in [0.717, 1.165) is 5.92 Å². The topological polar surface area (TPSA) is 12.0 Å². The average Bonchev–Trinajstić information content (AvgIpc) is 2.48. The molecule has 0 aromatic heterocycles. The molecular formula is C18H26BrN. The van der Waals surface area contributed by atoms with Crippen molar-refractivity contribution in [2.45, 2.75) is 70.4 Å². The number of fused-ring (bicyclic) bond motifs is 1. The van der Waals surface area contributed by atoms with Gasteiger partial charge in [0.2, 0.25) is 0 Å². The molecule has 0 amide bonds. The molecule has 1 fully saturated rings. The van der Waals surface area contributed by atoms with Gasteiger partial charge in [-0.05, 0) is 68.2 Å². The Hall–Kier alpha value is -0.340. The Morgan fingerprint density at radius 2 is 1.90 bits per heavy atom. The first kappa shape index (κ1) is 14.6. The molecule has 2 unspecified atom stereocenters. The van der Waals surface area contributed by atoms with E-state index in [9.17, 15) is 0 Å². The van der Waals surface area contributed by atoms with Crippen molar-refractivity contribution in [3.8, 4) is 0 Å². The van der Waals surface area contributed by atoms with E-state index in [1.54, 1.807) is 11.1 Å². The minimum Gasteiger partial charge on any atom is -0.311 e. The van der Waals surface area contributed by atoms with Gasteiger partial charge in [-0.15, -0.1) is 0 Å². The van der Waals surface area contributed by atoms with Crippen molar-refractivity contribution in [1.82, 2.24) is 5.32 Å². The second-order valence-corrected chi connectivity index (χ2v) is 7.62. The number of hydrogen-bond acceptors (Lipinski definition) is 1. The summed E-state index contributed by atoms with van der Waals surface area (Å²) in [4.78, 5) is 0. The first-order chi connectivity index (χ1) is 9.72. The lowest BCUT2D eigenvalue weighted by atomic mass is 9.83. The smallest absolute Gasteiger partial charge is 0.0178 e. The molecule has 0 bridgehead atoms. The van der Waals surface area contributed by atoms with E-state index in [-0.39, 0.29) is 0 Å². The minimum atomic E-state index is 0.681. The van der Waals surface area contributed by atoms with Gasteiger partial charge in [-0.25, -0.2) is 0 Å². The average molecular weight is 336 g/mol.